The van der Waals surface area contributed by atoms with Gasteiger partial charge in [-0.1, -0.05) is 0 Å². The minimum atomic E-state index is -1.55. The number of carboxylic acid groups (broad SMARTS) is 2. The van der Waals surface area contributed by atoms with Crippen LogP contribution in [0.3, 0.4) is 0 Å². The van der Waals surface area contributed by atoms with Crippen molar-refractivity contribution in [3.63, 3.8) is 0 Å². The van der Waals surface area contributed by atoms with E-state index in [0.717, 1.165) is 0 Å². The number of aliphatic hydroxyl groups is 1. The van der Waals surface area contributed by atoms with Crippen LogP contribution in [-0.4, -0.2) is 36.2 Å². The number of hydrogen-bond donors (Lipinski definition) is 2. The van der Waals surface area contributed by atoms with Gasteiger partial charge >= 0.3 is 59.1 Å². The largest absolute Gasteiger partial charge is 1.00 e. The molecule has 0 saturated heterocycles. The van der Waals surface area contributed by atoms with Crippen LogP contribution in [0, 0.1) is 0 Å². The molecule has 0 saturated carbocycles. The molecule has 0 amide bonds. The number of carboxylic acids is 2. The average Bonchev–Trinajstić information content (AvgIpc) is 1.87. The van der Waals surface area contributed by atoms with E-state index >= 15 is 0 Å². The molecule has 8 heteroatoms. The van der Waals surface area contributed by atoms with Crippen LogP contribution < -0.4 is 74.6 Å². The summed E-state index contributed by atoms with van der Waals surface area (Å²) in [5.41, 5.74) is 0. The summed E-state index contributed by atoms with van der Waals surface area (Å²) in [4.78, 5) is 19.8. The van der Waals surface area contributed by atoms with Gasteiger partial charge in [-0.25, -0.2) is 0 Å². The molecule has 1 atom stereocenters. The van der Waals surface area contributed by atoms with Crippen LogP contribution in [0.15, 0.2) is 0 Å². The minimum absolute atomic E-state index is 0. The monoisotopic (exact) mass is 207 g/mol. The van der Waals surface area contributed by atoms with Gasteiger partial charge in [-0.05, 0) is 0 Å². The first-order chi connectivity index (χ1) is 5.07. The zero-order valence-corrected chi connectivity index (χ0v) is 11.6. The minimum Gasteiger partial charge on any atom is -0.549 e. The molecule has 0 spiro atoms. The van der Waals surface area contributed by atoms with Gasteiger partial charge in [0, 0.05) is 6.54 Å². The molecule has 0 radical (unpaired) electrons. The Labute approximate surface area is 119 Å². The maximum Gasteiger partial charge on any atom is 1.00 e. The summed E-state index contributed by atoms with van der Waals surface area (Å²) in [5, 5.41) is 30.1. The Morgan fingerprint density at radius 3 is 2.00 bits per heavy atom. The third-order valence-corrected chi connectivity index (χ3v) is 0.960. The summed E-state index contributed by atoms with van der Waals surface area (Å²) in [6.45, 7) is -1.34. The number of carbonyl (C=O) groups is 2. The van der Waals surface area contributed by atoms with Gasteiger partial charge in [-0.3, -0.25) is 0 Å². The number of aliphatic carboxylic acids is 2. The molecule has 0 heterocycles. The van der Waals surface area contributed by atoms with Gasteiger partial charge in [0.25, 0.3) is 0 Å². The first-order valence-electron chi connectivity index (χ1n) is 2.83. The fraction of sp³-hybridized carbons (Fsp3) is 0.600. The van der Waals surface area contributed by atoms with Crippen LogP contribution in [0.4, 0.5) is 0 Å². The van der Waals surface area contributed by atoms with Gasteiger partial charge in [0.15, 0.2) is 0 Å². The quantitative estimate of drug-likeness (QED) is 0.433. The van der Waals surface area contributed by atoms with Crippen LogP contribution in [-0.2, 0) is 9.59 Å². The van der Waals surface area contributed by atoms with Crippen LogP contribution in [0.5, 0.6) is 0 Å². The summed E-state index contributed by atoms with van der Waals surface area (Å²) in [6, 6.07) is -1.35. The van der Waals surface area contributed by atoms with E-state index < -0.39 is 31.1 Å². The number of hydrogen-bond acceptors (Lipinski definition) is 6. The van der Waals surface area contributed by atoms with E-state index in [9.17, 15) is 19.8 Å². The smallest absolute Gasteiger partial charge is 0.549 e. The topological polar surface area (TPSA) is 113 Å². The van der Waals surface area contributed by atoms with Crippen molar-refractivity contribution in [3.05, 3.63) is 0 Å². The van der Waals surface area contributed by atoms with E-state index in [1.807, 2.05) is 5.32 Å². The molecular formula is C5H7NNa2O5. The van der Waals surface area contributed by atoms with Crippen LogP contribution in [0.25, 0.3) is 0 Å². The second-order valence-electron chi connectivity index (χ2n) is 1.81. The third-order valence-electron chi connectivity index (χ3n) is 0.960. The third kappa shape index (κ3) is 10.8. The number of aliphatic hydroxyl groups excluding tert-OH is 1. The number of carbonyl (C=O) groups excluding carboxylic acids is 2. The summed E-state index contributed by atoms with van der Waals surface area (Å²) < 4.78 is 0. The van der Waals surface area contributed by atoms with Crippen molar-refractivity contribution in [1.29, 1.82) is 0 Å². The van der Waals surface area contributed by atoms with E-state index in [2.05, 4.69) is 0 Å². The van der Waals surface area contributed by atoms with Gasteiger partial charge in [-0.15, -0.1) is 0 Å². The Hall–Kier alpha value is 0.860. The van der Waals surface area contributed by atoms with E-state index in [0.29, 0.717) is 0 Å². The molecule has 0 aliphatic carbocycles. The summed E-state index contributed by atoms with van der Waals surface area (Å²) in [7, 11) is 0. The van der Waals surface area contributed by atoms with Crippen molar-refractivity contribution in [1.82, 2.24) is 5.32 Å². The van der Waals surface area contributed by atoms with E-state index in [1.54, 1.807) is 0 Å². The average molecular weight is 207 g/mol. The molecule has 0 fully saturated rings. The molecule has 0 aliphatic heterocycles. The van der Waals surface area contributed by atoms with Crippen molar-refractivity contribution < 1.29 is 84.0 Å². The van der Waals surface area contributed by atoms with E-state index in [-0.39, 0.29) is 59.1 Å². The molecule has 0 aromatic carbocycles. The van der Waals surface area contributed by atoms with Crippen LogP contribution in [0.2, 0.25) is 0 Å². The van der Waals surface area contributed by atoms with Crippen molar-refractivity contribution in [2.45, 2.75) is 6.04 Å². The van der Waals surface area contributed by atoms with E-state index in [1.165, 1.54) is 0 Å². The maximum atomic E-state index is 10.00. The van der Waals surface area contributed by atoms with E-state index in [4.69, 9.17) is 5.11 Å². The maximum absolute atomic E-state index is 10.00. The summed E-state index contributed by atoms with van der Waals surface area (Å²) in [6.07, 6.45) is 0. The first kappa shape index (κ1) is 19.4. The van der Waals surface area contributed by atoms with Crippen molar-refractivity contribution >= 4 is 11.9 Å². The molecule has 64 valence electrons. The van der Waals surface area contributed by atoms with Gasteiger partial charge in [0.05, 0.1) is 24.6 Å². The summed E-state index contributed by atoms with van der Waals surface area (Å²) in [5.74, 6) is -2.99. The number of nitrogens with one attached hydrogen (secondary N) is 1. The second-order valence-corrected chi connectivity index (χ2v) is 1.81. The molecule has 6 nitrogen and oxygen atoms in total. The molecular weight excluding hydrogens is 200 g/mol. The molecule has 0 bridgehead atoms. The van der Waals surface area contributed by atoms with Crippen molar-refractivity contribution in [3.8, 4) is 0 Å². The van der Waals surface area contributed by atoms with Crippen molar-refractivity contribution in [2.24, 2.45) is 0 Å². The molecule has 0 aromatic rings. The zero-order chi connectivity index (χ0) is 8.85. The first-order valence-corrected chi connectivity index (χ1v) is 2.83. The normalized spacial score (nSPS) is 10.5. The van der Waals surface area contributed by atoms with Gasteiger partial charge in [0.1, 0.15) is 0 Å². The van der Waals surface area contributed by atoms with Gasteiger partial charge in [-0.2, -0.15) is 0 Å². The SMILES string of the molecule is O=C([O-])CNC(CO)C(=O)[O-].[Na+].[Na+]. The molecule has 0 aromatic heterocycles. The second kappa shape index (κ2) is 10.9. The zero-order valence-electron chi connectivity index (χ0n) is 7.57. The molecule has 0 rings (SSSR count). The van der Waals surface area contributed by atoms with Gasteiger partial charge in [0.2, 0.25) is 0 Å². The molecule has 2 N–H and O–H groups in total. The number of rotatable bonds is 5. The molecule has 1 unspecified atom stereocenters. The van der Waals surface area contributed by atoms with Gasteiger partial charge < -0.3 is 30.2 Å². The Kier molecular flexibility index (Phi) is 16.4. The van der Waals surface area contributed by atoms with Crippen molar-refractivity contribution in [2.75, 3.05) is 13.2 Å². The Morgan fingerprint density at radius 2 is 1.77 bits per heavy atom. The van der Waals surface area contributed by atoms with Crippen LogP contribution >= 0.6 is 0 Å². The predicted octanol–water partition coefficient (Wildman–Crippen LogP) is -10.6. The van der Waals surface area contributed by atoms with Crippen LogP contribution in [0.1, 0.15) is 0 Å². The predicted molar refractivity (Wildman–Crippen MR) is 28.9 cm³/mol. The standard InChI is InChI=1S/C5H9NO5.2Na/c7-2-3(5(10)11)6-1-4(8)9;;/h3,6-7H,1-2H2,(H,8,9)(H,10,11);;/q;2*+1/p-2. The summed E-state index contributed by atoms with van der Waals surface area (Å²) >= 11 is 0. The Balaban J connectivity index is -0.000000500. The fourth-order valence-electron chi connectivity index (χ4n) is 0.429. The molecule has 0 aliphatic rings. The fourth-order valence-corrected chi connectivity index (χ4v) is 0.429. The molecule has 13 heavy (non-hydrogen) atoms. The Bertz CT molecular complexity index is 165. The Morgan fingerprint density at radius 1 is 1.31 bits per heavy atom.